The predicted molar refractivity (Wildman–Crippen MR) is 119 cm³/mol. The Kier molecular flexibility index (Phi) is 6.06. The Balaban J connectivity index is 1.88. The van der Waals surface area contributed by atoms with Crippen LogP contribution in [0.3, 0.4) is 0 Å². The van der Waals surface area contributed by atoms with Crippen LogP contribution in [-0.4, -0.2) is 33.0 Å². The lowest BCUT2D eigenvalue weighted by Gasteiger charge is -2.33. The third kappa shape index (κ3) is 4.53. The summed E-state index contributed by atoms with van der Waals surface area (Å²) in [5, 5.41) is 3.58. The second-order valence-corrected chi connectivity index (χ2v) is 9.31. The maximum atomic E-state index is 13.8. The van der Waals surface area contributed by atoms with Crippen molar-refractivity contribution in [3.63, 3.8) is 0 Å². The molecule has 4 rings (SSSR count). The molecule has 3 aromatic rings. The number of rotatable bonds is 5. The molecule has 2 N–H and O–H groups in total. The maximum Gasteiger partial charge on any atom is 0.435 e. The fraction of sp³-hybridized carbons (Fsp3) is 0.227. The second kappa shape index (κ2) is 8.68. The molecule has 0 saturated heterocycles. The molecule has 0 saturated carbocycles. The molecule has 6 nitrogen and oxygen atoms in total. The number of aromatic nitrogens is 2. The summed E-state index contributed by atoms with van der Waals surface area (Å²) in [5.41, 5.74) is 5.61. The summed E-state index contributed by atoms with van der Waals surface area (Å²) in [6.45, 7) is 3.65. The summed E-state index contributed by atoms with van der Waals surface area (Å²) in [6.07, 6.45) is -2.37. The number of alkyl halides is 3. The highest BCUT2D eigenvalue weighted by molar-refractivity contribution is 7.16. The summed E-state index contributed by atoms with van der Waals surface area (Å²) in [5.74, 6) is -1.51. The van der Waals surface area contributed by atoms with Gasteiger partial charge in [0.1, 0.15) is 6.54 Å². The lowest BCUT2D eigenvalue weighted by molar-refractivity contribution is -0.141. The van der Waals surface area contributed by atoms with Gasteiger partial charge in [-0.05, 0) is 28.8 Å². The lowest BCUT2D eigenvalue weighted by atomic mass is 9.84. The number of primary amides is 1. The Morgan fingerprint density at radius 2 is 2.00 bits per heavy atom. The number of fused-ring (bicyclic) bond motifs is 1. The number of hydrogen-bond donors (Lipinski definition) is 1. The Hall–Kier alpha value is -3.11. The quantitative estimate of drug-likeness (QED) is 0.533. The summed E-state index contributed by atoms with van der Waals surface area (Å²) >= 11 is 7.58. The largest absolute Gasteiger partial charge is 0.435 e. The second-order valence-electron chi connectivity index (χ2n) is 7.54. The minimum atomic E-state index is -4.75. The molecular formula is C22H18ClF3N4O2S. The van der Waals surface area contributed by atoms with Crippen LogP contribution in [0.15, 0.2) is 49.2 Å². The highest BCUT2D eigenvalue weighted by Gasteiger charge is 2.39. The lowest BCUT2D eigenvalue weighted by Crippen LogP contribution is -2.37. The normalized spacial score (nSPS) is 15.9. The number of nitrogens with two attached hydrogens (primary N) is 1. The molecule has 0 aliphatic carbocycles. The molecule has 0 bridgehead atoms. The smallest absolute Gasteiger partial charge is 0.368 e. The van der Waals surface area contributed by atoms with E-state index in [1.165, 1.54) is 23.6 Å². The van der Waals surface area contributed by atoms with Gasteiger partial charge in [0.15, 0.2) is 5.69 Å². The molecule has 11 heteroatoms. The topological polar surface area (TPSA) is 81.2 Å². The van der Waals surface area contributed by atoms with Gasteiger partial charge in [0.2, 0.25) is 11.8 Å². The van der Waals surface area contributed by atoms with Gasteiger partial charge in [0.25, 0.3) is 0 Å². The SMILES string of the molecule is C=CC(=O)N1Cc2sc(Cl)cc2C(c2ccccc2-c2cn(CC(N)=O)nc2C(F)(F)F)C1. The summed E-state index contributed by atoms with van der Waals surface area (Å²) in [7, 11) is 0. The van der Waals surface area contributed by atoms with E-state index in [1.54, 1.807) is 35.2 Å². The van der Waals surface area contributed by atoms with E-state index in [-0.39, 0.29) is 18.0 Å². The first-order valence-corrected chi connectivity index (χ1v) is 11.0. The summed E-state index contributed by atoms with van der Waals surface area (Å²) in [6, 6.07) is 8.43. The van der Waals surface area contributed by atoms with Gasteiger partial charge in [-0.2, -0.15) is 18.3 Å². The molecule has 2 amide bonds. The maximum absolute atomic E-state index is 13.8. The standard InChI is InChI=1S/C22H18ClF3N4O2S/c1-2-20(32)29-8-15(14-7-18(23)33-17(14)10-29)12-5-3-4-6-13(12)16-9-30(11-19(27)31)28-21(16)22(24,25)26/h2-7,9,15H,1,8,10-11H2,(H2,27,31). The number of carbonyl (C=O) groups excluding carboxylic acids is 2. The number of thiophene rings is 1. The first-order chi connectivity index (χ1) is 15.6. The van der Waals surface area contributed by atoms with Crippen LogP contribution in [0.25, 0.3) is 11.1 Å². The number of halogens is 4. The fourth-order valence-corrected chi connectivity index (χ4v) is 5.42. The first kappa shape index (κ1) is 23.1. The van der Waals surface area contributed by atoms with Crippen LogP contribution < -0.4 is 5.73 Å². The average molecular weight is 495 g/mol. The van der Waals surface area contributed by atoms with E-state index in [0.717, 1.165) is 15.1 Å². The molecule has 0 fully saturated rings. The van der Waals surface area contributed by atoms with Crippen molar-refractivity contribution in [3.8, 4) is 11.1 Å². The van der Waals surface area contributed by atoms with Crippen LogP contribution in [0.1, 0.15) is 27.6 Å². The molecule has 1 aliphatic rings. The number of benzene rings is 1. The number of nitrogens with zero attached hydrogens (tertiary/aromatic N) is 3. The Bertz CT molecular complexity index is 1250. The van der Waals surface area contributed by atoms with E-state index < -0.39 is 30.2 Å². The Labute approximate surface area is 196 Å². The minimum Gasteiger partial charge on any atom is -0.368 e. The number of amides is 2. The van der Waals surface area contributed by atoms with Gasteiger partial charge in [0.05, 0.1) is 10.9 Å². The molecule has 3 heterocycles. The minimum absolute atomic E-state index is 0.172. The van der Waals surface area contributed by atoms with Crippen LogP contribution in [0.2, 0.25) is 4.34 Å². The first-order valence-electron chi connectivity index (χ1n) is 9.80. The van der Waals surface area contributed by atoms with Crippen LogP contribution in [0, 0.1) is 0 Å². The van der Waals surface area contributed by atoms with Crippen molar-refractivity contribution in [2.24, 2.45) is 5.73 Å². The Morgan fingerprint density at radius 3 is 2.67 bits per heavy atom. The summed E-state index contributed by atoms with van der Waals surface area (Å²) < 4.78 is 42.9. The molecular weight excluding hydrogens is 477 g/mol. The third-order valence-electron chi connectivity index (χ3n) is 5.39. The summed E-state index contributed by atoms with van der Waals surface area (Å²) in [4.78, 5) is 26.1. The van der Waals surface area contributed by atoms with Gasteiger partial charge in [-0.15, -0.1) is 11.3 Å². The third-order valence-corrected chi connectivity index (χ3v) is 6.65. The zero-order valence-electron chi connectivity index (χ0n) is 17.1. The van der Waals surface area contributed by atoms with Gasteiger partial charge in [-0.25, -0.2) is 0 Å². The zero-order chi connectivity index (χ0) is 23.9. The molecule has 172 valence electrons. The molecule has 1 atom stereocenters. The molecule has 1 unspecified atom stereocenters. The predicted octanol–water partition coefficient (Wildman–Crippen LogP) is 4.43. The van der Waals surface area contributed by atoms with Crippen LogP contribution in [0.5, 0.6) is 0 Å². The molecule has 1 aliphatic heterocycles. The molecule has 33 heavy (non-hydrogen) atoms. The van der Waals surface area contributed by atoms with Gasteiger partial charge >= 0.3 is 6.18 Å². The van der Waals surface area contributed by atoms with Gasteiger partial charge in [-0.1, -0.05) is 42.4 Å². The van der Waals surface area contributed by atoms with Gasteiger partial charge in [-0.3, -0.25) is 14.3 Å². The van der Waals surface area contributed by atoms with Crippen LogP contribution in [-0.2, 0) is 28.9 Å². The van der Waals surface area contributed by atoms with E-state index in [2.05, 4.69) is 11.7 Å². The average Bonchev–Trinajstić information content (AvgIpc) is 3.34. The van der Waals surface area contributed by atoms with Crippen molar-refractivity contribution >= 4 is 34.8 Å². The van der Waals surface area contributed by atoms with E-state index >= 15 is 0 Å². The highest BCUT2D eigenvalue weighted by Crippen LogP contribution is 2.44. The van der Waals surface area contributed by atoms with E-state index in [9.17, 15) is 22.8 Å². The molecule has 2 aromatic heterocycles. The van der Waals surface area contributed by atoms with Crippen molar-refractivity contribution in [3.05, 3.63) is 75.2 Å². The van der Waals surface area contributed by atoms with Crippen LogP contribution >= 0.6 is 22.9 Å². The van der Waals surface area contributed by atoms with E-state index in [1.807, 2.05) is 0 Å². The molecule has 1 aromatic carbocycles. The monoisotopic (exact) mass is 494 g/mol. The van der Waals surface area contributed by atoms with Crippen molar-refractivity contribution in [1.29, 1.82) is 0 Å². The molecule has 0 radical (unpaired) electrons. The van der Waals surface area contributed by atoms with Crippen LogP contribution in [0.4, 0.5) is 13.2 Å². The zero-order valence-corrected chi connectivity index (χ0v) is 18.7. The fourth-order valence-electron chi connectivity index (χ4n) is 4.06. The van der Waals surface area contributed by atoms with E-state index in [4.69, 9.17) is 17.3 Å². The number of hydrogen-bond acceptors (Lipinski definition) is 4. The van der Waals surface area contributed by atoms with E-state index in [0.29, 0.717) is 22.0 Å². The van der Waals surface area contributed by atoms with Gasteiger partial charge < -0.3 is 10.6 Å². The highest BCUT2D eigenvalue weighted by atomic mass is 35.5. The van der Waals surface area contributed by atoms with Crippen molar-refractivity contribution < 1.29 is 22.8 Å². The number of carbonyl (C=O) groups is 2. The van der Waals surface area contributed by atoms with Crippen molar-refractivity contribution in [2.45, 2.75) is 25.2 Å². The van der Waals surface area contributed by atoms with Crippen molar-refractivity contribution in [2.75, 3.05) is 6.54 Å². The van der Waals surface area contributed by atoms with Crippen molar-refractivity contribution in [1.82, 2.24) is 14.7 Å². The van der Waals surface area contributed by atoms with Gasteiger partial charge in [0, 0.05) is 29.1 Å². The molecule has 0 spiro atoms. The Morgan fingerprint density at radius 1 is 1.27 bits per heavy atom.